The summed E-state index contributed by atoms with van der Waals surface area (Å²) in [6.45, 7) is 0. The van der Waals surface area contributed by atoms with E-state index in [2.05, 4.69) is 21.4 Å². The van der Waals surface area contributed by atoms with Crippen LogP contribution in [0.4, 0.5) is 5.69 Å². The van der Waals surface area contributed by atoms with Gasteiger partial charge in [0.1, 0.15) is 5.01 Å². The number of rotatable bonds is 4. The van der Waals surface area contributed by atoms with Gasteiger partial charge in [-0.25, -0.2) is 4.98 Å². The number of hydrogen-bond acceptors (Lipinski definition) is 4. The Labute approximate surface area is 149 Å². The van der Waals surface area contributed by atoms with E-state index < -0.39 is 0 Å². The normalized spacial score (nSPS) is 10.9. The summed E-state index contributed by atoms with van der Waals surface area (Å²) < 4.78 is 2.03. The van der Waals surface area contributed by atoms with Gasteiger partial charge in [-0.15, -0.1) is 11.3 Å². The van der Waals surface area contributed by atoms with Crippen molar-refractivity contribution in [2.24, 2.45) is 7.05 Å². The third-order valence-corrected chi connectivity index (χ3v) is 4.91. The first-order valence-corrected chi connectivity index (χ1v) is 8.77. The van der Waals surface area contributed by atoms with Gasteiger partial charge >= 0.3 is 0 Å². The Balaban J connectivity index is 1.46. The standard InChI is InChI=1S/C19H16N4OS/c1-23-8-6-13-4-5-15(9-17(13)23)21-18(24)10-16-12-25-19(22-16)14-3-2-7-20-11-14/h2-9,11-12H,10H2,1H3,(H,21,24). The molecular weight excluding hydrogens is 332 g/mol. The largest absolute Gasteiger partial charge is 0.350 e. The molecule has 5 nitrogen and oxygen atoms in total. The number of thiazole rings is 1. The SMILES string of the molecule is Cn1ccc2ccc(NC(=O)Cc3csc(-c4cccnc4)n3)cc21. The number of pyridine rings is 1. The first kappa shape index (κ1) is 15.5. The van der Waals surface area contributed by atoms with Crippen LogP contribution in [0.15, 0.2) is 60.4 Å². The highest BCUT2D eigenvalue weighted by Crippen LogP contribution is 2.23. The number of fused-ring (bicyclic) bond motifs is 1. The highest BCUT2D eigenvalue weighted by molar-refractivity contribution is 7.13. The minimum Gasteiger partial charge on any atom is -0.350 e. The van der Waals surface area contributed by atoms with Crippen LogP contribution in [0.5, 0.6) is 0 Å². The van der Waals surface area contributed by atoms with Crippen molar-refractivity contribution in [2.75, 3.05) is 5.32 Å². The minimum atomic E-state index is -0.0726. The van der Waals surface area contributed by atoms with Crippen molar-refractivity contribution < 1.29 is 4.79 Å². The number of carbonyl (C=O) groups is 1. The van der Waals surface area contributed by atoms with E-state index in [1.807, 2.05) is 53.5 Å². The van der Waals surface area contributed by atoms with Crippen molar-refractivity contribution >= 4 is 33.8 Å². The molecular formula is C19H16N4OS. The van der Waals surface area contributed by atoms with Crippen LogP contribution < -0.4 is 5.32 Å². The lowest BCUT2D eigenvalue weighted by Crippen LogP contribution is -2.14. The minimum absolute atomic E-state index is 0.0726. The number of nitrogens with one attached hydrogen (secondary N) is 1. The second-order valence-corrected chi connectivity index (χ2v) is 6.67. The first-order valence-electron chi connectivity index (χ1n) is 7.89. The molecule has 0 aliphatic heterocycles. The number of nitrogens with zero attached hydrogens (tertiary/aromatic N) is 3. The lowest BCUT2D eigenvalue weighted by atomic mass is 10.2. The average Bonchev–Trinajstić information content (AvgIpc) is 3.23. The second-order valence-electron chi connectivity index (χ2n) is 5.81. The third kappa shape index (κ3) is 3.29. The Hall–Kier alpha value is -2.99. The van der Waals surface area contributed by atoms with Gasteiger partial charge in [-0.05, 0) is 35.7 Å². The highest BCUT2D eigenvalue weighted by Gasteiger charge is 2.10. The Kier molecular flexibility index (Phi) is 4.03. The molecule has 6 heteroatoms. The molecule has 1 amide bonds. The predicted octanol–water partition coefficient (Wildman–Crippen LogP) is 3.88. The lowest BCUT2D eigenvalue weighted by molar-refractivity contribution is -0.115. The van der Waals surface area contributed by atoms with E-state index >= 15 is 0 Å². The van der Waals surface area contributed by atoms with E-state index in [0.717, 1.165) is 32.9 Å². The maximum absolute atomic E-state index is 12.3. The van der Waals surface area contributed by atoms with Gasteiger partial charge in [0, 0.05) is 47.8 Å². The molecule has 0 saturated heterocycles. The zero-order chi connectivity index (χ0) is 17.2. The van der Waals surface area contributed by atoms with E-state index in [1.54, 1.807) is 12.4 Å². The van der Waals surface area contributed by atoms with Gasteiger partial charge < -0.3 is 9.88 Å². The van der Waals surface area contributed by atoms with Crippen molar-refractivity contribution in [1.29, 1.82) is 0 Å². The van der Waals surface area contributed by atoms with Crippen molar-refractivity contribution in [3.05, 3.63) is 66.1 Å². The summed E-state index contributed by atoms with van der Waals surface area (Å²) in [5.41, 5.74) is 3.61. The molecule has 3 aromatic heterocycles. The van der Waals surface area contributed by atoms with Gasteiger partial charge in [0.2, 0.25) is 5.91 Å². The maximum atomic E-state index is 12.3. The molecule has 0 saturated carbocycles. The van der Waals surface area contributed by atoms with E-state index in [4.69, 9.17) is 0 Å². The molecule has 0 atom stereocenters. The second kappa shape index (κ2) is 6.49. The van der Waals surface area contributed by atoms with Crippen molar-refractivity contribution in [2.45, 2.75) is 6.42 Å². The zero-order valence-electron chi connectivity index (χ0n) is 13.6. The molecule has 1 N–H and O–H groups in total. The molecule has 0 aliphatic carbocycles. The number of benzene rings is 1. The topological polar surface area (TPSA) is 59.8 Å². The van der Waals surface area contributed by atoms with Crippen molar-refractivity contribution in [1.82, 2.24) is 14.5 Å². The Morgan fingerprint density at radius 1 is 1.28 bits per heavy atom. The van der Waals surface area contributed by atoms with Gasteiger partial charge in [-0.1, -0.05) is 6.07 Å². The Morgan fingerprint density at radius 3 is 3.04 bits per heavy atom. The summed E-state index contributed by atoms with van der Waals surface area (Å²) in [5.74, 6) is -0.0726. The summed E-state index contributed by atoms with van der Waals surface area (Å²) in [5, 5.41) is 6.90. The number of anilines is 1. The van der Waals surface area contributed by atoms with Crippen molar-refractivity contribution in [3.63, 3.8) is 0 Å². The van der Waals surface area contributed by atoms with Crippen LogP contribution in [0.25, 0.3) is 21.5 Å². The average molecular weight is 348 g/mol. The summed E-state index contributed by atoms with van der Waals surface area (Å²) in [6, 6.07) is 11.8. The molecule has 0 spiro atoms. The molecule has 25 heavy (non-hydrogen) atoms. The van der Waals surface area contributed by atoms with Crippen LogP contribution in [-0.2, 0) is 18.3 Å². The van der Waals surface area contributed by atoms with Crippen LogP contribution in [0.2, 0.25) is 0 Å². The third-order valence-electron chi connectivity index (χ3n) is 3.97. The molecule has 4 aromatic rings. The Bertz CT molecular complexity index is 1040. The van der Waals surface area contributed by atoms with Crippen LogP contribution >= 0.6 is 11.3 Å². The smallest absolute Gasteiger partial charge is 0.230 e. The molecule has 4 rings (SSSR count). The number of amides is 1. The van der Waals surface area contributed by atoms with Crippen molar-refractivity contribution in [3.8, 4) is 10.6 Å². The molecule has 0 fully saturated rings. The molecule has 1 aromatic carbocycles. The van der Waals surface area contributed by atoms with Gasteiger partial charge in [0.05, 0.1) is 12.1 Å². The number of aromatic nitrogens is 3. The quantitative estimate of drug-likeness (QED) is 0.609. The maximum Gasteiger partial charge on any atom is 0.230 e. The van der Waals surface area contributed by atoms with E-state index in [0.29, 0.717) is 0 Å². The number of hydrogen-bond donors (Lipinski definition) is 1. The van der Waals surface area contributed by atoms with Gasteiger partial charge in [0.25, 0.3) is 0 Å². The summed E-state index contributed by atoms with van der Waals surface area (Å²) >= 11 is 1.52. The predicted molar refractivity (Wildman–Crippen MR) is 101 cm³/mol. The number of aryl methyl sites for hydroxylation is 1. The fourth-order valence-corrected chi connectivity index (χ4v) is 3.53. The fourth-order valence-electron chi connectivity index (χ4n) is 2.72. The number of carbonyl (C=O) groups excluding carboxylic acids is 1. The molecule has 0 bridgehead atoms. The van der Waals surface area contributed by atoms with Gasteiger partial charge in [-0.2, -0.15) is 0 Å². The van der Waals surface area contributed by atoms with Crippen LogP contribution in [0, 0.1) is 0 Å². The molecule has 0 aliphatic rings. The fraction of sp³-hybridized carbons (Fsp3) is 0.105. The molecule has 0 radical (unpaired) electrons. The Morgan fingerprint density at radius 2 is 2.20 bits per heavy atom. The molecule has 0 unspecified atom stereocenters. The monoisotopic (exact) mass is 348 g/mol. The van der Waals surface area contributed by atoms with E-state index in [1.165, 1.54) is 11.3 Å². The summed E-state index contributed by atoms with van der Waals surface area (Å²) in [4.78, 5) is 21.0. The lowest BCUT2D eigenvalue weighted by Gasteiger charge is -2.05. The van der Waals surface area contributed by atoms with Crippen LogP contribution in [0.1, 0.15) is 5.69 Å². The molecule has 124 valence electrons. The summed E-state index contributed by atoms with van der Waals surface area (Å²) in [6.07, 6.45) is 5.76. The first-order chi connectivity index (χ1) is 12.2. The van der Waals surface area contributed by atoms with Crippen LogP contribution in [-0.4, -0.2) is 20.4 Å². The van der Waals surface area contributed by atoms with Gasteiger partial charge in [0.15, 0.2) is 0 Å². The van der Waals surface area contributed by atoms with Crippen LogP contribution in [0.3, 0.4) is 0 Å². The zero-order valence-corrected chi connectivity index (χ0v) is 14.5. The van der Waals surface area contributed by atoms with Gasteiger partial charge in [-0.3, -0.25) is 9.78 Å². The molecule has 3 heterocycles. The van der Waals surface area contributed by atoms with E-state index in [-0.39, 0.29) is 12.3 Å². The summed E-state index contributed by atoms with van der Waals surface area (Å²) in [7, 11) is 1.99. The van der Waals surface area contributed by atoms with E-state index in [9.17, 15) is 4.79 Å². The highest BCUT2D eigenvalue weighted by atomic mass is 32.1.